The van der Waals surface area contributed by atoms with Gasteiger partial charge in [0.1, 0.15) is 28.6 Å². The third kappa shape index (κ3) is 3.53. The molecule has 0 spiro atoms. The zero-order valence-corrected chi connectivity index (χ0v) is 10.9. The molecule has 2 aromatic heterocycles. The molecule has 0 aliphatic carbocycles. The second-order valence-electron chi connectivity index (χ2n) is 4.25. The lowest BCUT2D eigenvalue weighted by Crippen LogP contribution is -2.10. The number of nitrogens with zero attached hydrogens (tertiary/aromatic N) is 1. The minimum atomic E-state index is -4.52. The summed E-state index contributed by atoms with van der Waals surface area (Å²) >= 11 is 0. The molecule has 0 amide bonds. The van der Waals surface area contributed by atoms with Crippen LogP contribution in [0, 0.1) is 6.92 Å². The fourth-order valence-corrected chi connectivity index (χ4v) is 1.71. The third-order valence-electron chi connectivity index (χ3n) is 2.68. The normalized spacial score (nSPS) is 11.4. The van der Waals surface area contributed by atoms with Crippen molar-refractivity contribution in [2.75, 3.05) is 5.32 Å². The first-order valence-corrected chi connectivity index (χ1v) is 5.88. The van der Waals surface area contributed by atoms with Gasteiger partial charge in [-0.1, -0.05) is 6.07 Å². The number of carbonyl (C=O) groups is 1. The number of halogens is 3. The number of alkyl halides is 3. The standard InChI is InChI=1S/C13H11F3N2O3/c1-7-9(12(19)20)5-8(21-7)6-17-11-4-2-3-10(18-11)13(14,15)16/h2-5H,6H2,1H3,(H,17,18)(H,19,20). The first-order valence-electron chi connectivity index (χ1n) is 5.88. The van der Waals surface area contributed by atoms with Crippen LogP contribution in [0.15, 0.2) is 28.7 Å². The van der Waals surface area contributed by atoms with Crippen LogP contribution < -0.4 is 5.32 Å². The second-order valence-corrected chi connectivity index (χ2v) is 4.25. The maximum absolute atomic E-state index is 12.5. The van der Waals surface area contributed by atoms with Crippen LogP contribution in [0.2, 0.25) is 0 Å². The molecule has 8 heteroatoms. The summed E-state index contributed by atoms with van der Waals surface area (Å²) < 4.78 is 42.7. The summed E-state index contributed by atoms with van der Waals surface area (Å²) in [5.74, 6) is -0.573. The van der Waals surface area contributed by atoms with Gasteiger partial charge in [-0.25, -0.2) is 9.78 Å². The van der Waals surface area contributed by atoms with Crippen LogP contribution in [0.5, 0.6) is 0 Å². The Labute approximate surface area is 117 Å². The third-order valence-corrected chi connectivity index (χ3v) is 2.68. The van der Waals surface area contributed by atoms with E-state index >= 15 is 0 Å². The Kier molecular flexibility index (Phi) is 3.88. The lowest BCUT2D eigenvalue weighted by Gasteiger charge is -2.08. The number of furan rings is 1. The molecule has 0 fully saturated rings. The van der Waals surface area contributed by atoms with Crippen molar-refractivity contribution in [3.63, 3.8) is 0 Å². The number of carboxylic acids is 1. The van der Waals surface area contributed by atoms with Gasteiger partial charge in [0, 0.05) is 0 Å². The van der Waals surface area contributed by atoms with Crippen molar-refractivity contribution >= 4 is 11.8 Å². The molecule has 21 heavy (non-hydrogen) atoms. The van der Waals surface area contributed by atoms with E-state index in [2.05, 4.69) is 10.3 Å². The van der Waals surface area contributed by atoms with E-state index in [0.717, 1.165) is 6.07 Å². The summed E-state index contributed by atoms with van der Waals surface area (Å²) in [6, 6.07) is 4.79. The number of pyridine rings is 1. The maximum Gasteiger partial charge on any atom is 0.433 e. The summed E-state index contributed by atoms with van der Waals surface area (Å²) in [7, 11) is 0. The summed E-state index contributed by atoms with van der Waals surface area (Å²) in [6.07, 6.45) is -4.52. The van der Waals surface area contributed by atoms with E-state index < -0.39 is 17.8 Å². The van der Waals surface area contributed by atoms with Gasteiger partial charge in [0.25, 0.3) is 0 Å². The van der Waals surface area contributed by atoms with E-state index in [0.29, 0.717) is 5.76 Å². The van der Waals surface area contributed by atoms with Gasteiger partial charge in [-0.05, 0) is 25.1 Å². The van der Waals surface area contributed by atoms with Gasteiger partial charge in [-0.15, -0.1) is 0 Å². The zero-order chi connectivity index (χ0) is 15.6. The predicted molar refractivity (Wildman–Crippen MR) is 67.0 cm³/mol. The molecule has 112 valence electrons. The molecule has 0 aliphatic heterocycles. The maximum atomic E-state index is 12.5. The molecule has 0 unspecified atom stereocenters. The molecule has 0 saturated heterocycles. The van der Waals surface area contributed by atoms with Gasteiger partial charge < -0.3 is 14.8 Å². The molecule has 2 heterocycles. The smallest absolute Gasteiger partial charge is 0.433 e. The highest BCUT2D eigenvalue weighted by Crippen LogP contribution is 2.28. The van der Waals surface area contributed by atoms with E-state index in [4.69, 9.17) is 9.52 Å². The Hall–Kier alpha value is -2.51. The lowest BCUT2D eigenvalue weighted by atomic mass is 10.2. The number of hydrogen-bond donors (Lipinski definition) is 2. The Bertz CT molecular complexity index is 665. The van der Waals surface area contributed by atoms with Crippen LogP contribution in [0.4, 0.5) is 19.0 Å². The summed E-state index contributed by atoms with van der Waals surface area (Å²) in [5.41, 5.74) is -0.988. The summed E-state index contributed by atoms with van der Waals surface area (Å²) in [6.45, 7) is 1.53. The number of aryl methyl sites for hydroxylation is 1. The highest BCUT2D eigenvalue weighted by molar-refractivity contribution is 5.88. The summed E-state index contributed by atoms with van der Waals surface area (Å²) in [4.78, 5) is 14.3. The Morgan fingerprint density at radius 1 is 1.43 bits per heavy atom. The Morgan fingerprint density at radius 2 is 2.14 bits per heavy atom. The Balaban J connectivity index is 2.10. The van der Waals surface area contributed by atoms with Gasteiger partial charge in [0.15, 0.2) is 0 Å². The molecule has 0 aromatic carbocycles. The fraction of sp³-hybridized carbons (Fsp3) is 0.231. The Morgan fingerprint density at radius 3 is 2.71 bits per heavy atom. The highest BCUT2D eigenvalue weighted by atomic mass is 19.4. The molecular formula is C13H11F3N2O3. The van der Waals surface area contributed by atoms with E-state index in [9.17, 15) is 18.0 Å². The van der Waals surface area contributed by atoms with Gasteiger partial charge >= 0.3 is 12.1 Å². The molecule has 0 saturated carbocycles. The van der Waals surface area contributed by atoms with Crippen LogP contribution >= 0.6 is 0 Å². The predicted octanol–water partition coefficient (Wildman–Crippen LogP) is 3.31. The molecule has 0 radical (unpaired) electrons. The number of nitrogens with one attached hydrogen (secondary N) is 1. The molecule has 2 aromatic rings. The van der Waals surface area contributed by atoms with Gasteiger partial charge in [-0.2, -0.15) is 13.2 Å². The molecule has 0 bridgehead atoms. The van der Waals surface area contributed by atoms with Crippen LogP contribution in [-0.2, 0) is 12.7 Å². The SMILES string of the molecule is Cc1oc(CNc2cccc(C(F)(F)F)n2)cc1C(=O)O. The van der Waals surface area contributed by atoms with Crippen LogP contribution in [0.25, 0.3) is 0 Å². The van der Waals surface area contributed by atoms with Crippen molar-refractivity contribution in [3.05, 3.63) is 47.0 Å². The first-order chi connectivity index (χ1) is 9.77. The average Bonchev–Trinajstić information content (AvgIpc) is 2.77. The molecule has 5 nitrogen and oxygen atoms in total. The number of aromatic nitrogens is 1. The largest absolute Gasteiger partial charge is 0.478 e. The van der Waals surface area contributed by atoms with Crippen molar-refractivity contribution in [1.29, 1.82) is 0 Å². The number of carboxylic acid groups (broad SMARTS) is 1. The van der Waals surface area contributed by atoms with Gasteiger partial charge in [-0.3, -0.25) is 0 Å². The van der Waals surface area contributed by atoms with Crippen LogP contribution in [-0.4, -0.2) is 16.1 Å². The van der Waals surface area contributed by atoms with Crippen LogP contribution in [0.1, 0.15) is 27.6 Å². The number of anilines is 1. The van der Waals surface area contributed by atoms with E-state index in [1.165, 1.54) is 25.1 Å². The summed E-state index contributed by atoms with van der Waals surface area (Å²) in [5, 5.41) is 11.5. The van der Waals surface area contributed by atoms with Crippen molar-refractivity contribution in [2.45, 2.75) is 19.6 Å². The molecule has 0 aliphatic rings. The minimum absolute atomic E-state index is 0.0174. The van der Waals surface area contributed by atoms with E-state index in [-0.39, 0.29) is 23.7 Å². The monoisotopic (exact) mass is 300 g/mol. The van der Waals surface area contributed by atoms with Crippen molar-refractivity contribution < 1.29 is 27.5 Å². The topological polar surface area (TPSA) is 75.4 Å². The number of hydrogen-bond acceptors (Lipinski definition) is 4. The fourth-order valence-electron chi connectivity index (χ4n) is 1.71. The molecule has 0 atom stereocenters. The number of aromatic carboxylic acids is 1. The minimum Gasteiger partial charge on any atom is -0.478 e. The lowest BCUT2D eigenvalue weighted by molar-refractivity contribution is -0.141. The number of rotatable bonds is 4. The van der Waals surface area contributed by atoms with Crippen molar-refractivity contribution in [1.82, 2.24) is 4.98 Å². The van der Waals surface area contributed by atoms with Gasteiger partial charge in [0.2, 0.25) is 0 Å². The van der Waals surface area contributed by atoms with E-state index in [1.54, 1.807) is 0 Å². The molecule has 2 rings (SSSR count). The average molecular weight is 300 g/mol. The highest BCUT2D eigenvalue weighted by Gasteiger charge is 2.32. The second kappa shape index (κ2) is 5.47. The first kappa shape index (κ1) is 14.9. The zero-order valence-electron chi connectivity index (χ0n) is 10.9. The van der Waals surface area contributed by atoms with Crippen molar-refractivity contribution in [3.8, 4) is 0 Å². The van der Waals surface area contributed by atoms with Crippen LogP contribution in [0.3, 0.4) is 0 Å². The van der Waals surface area contributed by atoms with E-state index in [1.807, 2.05) is 0 Å². The quantitative estimate of drug-likeness (QED) is 0.906. The van der Waals surface area contributed by atoms with Gasteiger partial charge in [0.05, 0.1) is 6.54 Å². The molecule has 2 N–H and O–H groups in total. The van der Waals surface area contributed by atoms with Crippen molar-refractivity contribution in [2.24, 2.45) is 0 Å². The molecular weight excluding hydrogens is 289 g/mol.